The minimum Gasteiger partial charge on any atom is -0.341 e. The molecule has 2 aliphatic rings. The smallest absolute Gasteiger partial charge is 0.247 e. The minimum atomic E-state index is -3.70. The molecule has 0 radical (unpaired) electrons. The monoisotopic (exact) mass is 479 g/mol. The molecule has 31 heavy (non-hydrogen) atoms. The molecule has 0 aliphatic carbocycles. The first-order chi connectivity index (χ1) is 14.9. The summed E-state index contributed by atoms with van der Waals surface area (Å²) in [5.41, 5.74) is 0.427. The molecule has 2 aliphatic heterocycles. The summed E-state index contributed by atoms with van der Waals surface area (Å²) in [6.07, 6.45) is 4.75. The quantitative estimate of drug-likeness (QED) is 0.621. The molecular weight excluding hydrogens is 454 g/mol. The third-order valence-corrected chi connectivity index (χ3v) is 9.04. The van der Waals surface area contributed by atoms with Crippen LogP contribution in [0.25, 0.3) is 0 Å². The third-order valence-electron chi connectivity index (χ3n) is 5.39. The molecule has 4 rings (SSSR count). The van der Waals surface area contributed by atoms with E-state index in [9.17, 15) is 18.0 Å². The van der Waals surface area contributed by atoms with Crippen LogP contribution in [0.1, 0.15) is 30.6 Å². The number of benzene rings is 1. The van der Waals surface area contributed by atoms with Gasteiger partial charge in [-0.25, -0.2) is 13.1 Å². The number of hydrogen-bond acceptors (Lipinski definition) is 6. The van der Waals surface area contributed by atoms with E-state index in [1.807, 2.05) is 17.5 Å². The maximum absolute atomic E-state index is 12.9. The molecular formula is C21H25N3O4S3. The molecule has 1 saturated heterocycles. The van der Waals surface area contributed by atoms with Gasteiger partial charge in [-0.05, 0) is 48.9 Å². The van der Waals surface area contributed by atoms with Crippen LogP contribution in [0.4, 0.5) is 5.69 Å². The number of nitrogens with one attached hydrogen (secondary N) is 2. The maximum Gasteiger partial charge on any atom is 0.247 e. The number of hydrogen-bond donors (Lipinski definition) is 2. The van der Waals surface area contributed by atoms with Crippen LogP contribution in [0.2, 0.25) is 0 Å². The van der Waals surface area contributed by atoms with Crippen molar-refractivity contribution in [3.05, 3.63) is 40.6 Å². The first-order valence-corrected chi connectivity index (χ1v) is 13.6. The molecule has 1 atom stereocenters. The van der Waals surface area contributed by atoms with Gasteiger partial charge >= 0.3 is 0 Å². The van der Waals surface area contributed by atoms with Gasteiger partial charge in [-0.15, -0.1) is 23.1 Å². The van der Waals surface area contributed by atoms with Crippen molar-refractivity contribution in [2.45, 2.75) is 47.1 Å². The van der Waals surface area contributed by atoms with Gasteiger partial charge in [0.1, 0.15) is 0 Å². The van der Waals surface area contributed by atoms with Gasteiger partial charge in [-0.3, -0.25) is 9.59 Å². The van der Waals surface area contributed by atoms with Crippen LogP contribution in [0.3, 0.4) is 0 Å². The van der Waals surface area contributed by atoms with Crippen molar-refractivity contribution in [2.75, 3.05) is 25.0 Å². The molecule has 0 spiro atoms. The molecule has 0 saturated carbocycles. The number of thiophene rings is 1. The van der Waals surface area contributed by atoms with Crippen molar-refractivity contribution >= 4 is 50.6 Å². The molecule has 1 unspecified atom stereocenters. The molecule has 1 aromatic carbocycles. The highest BCUT2D eigenvalue weighted by molar-refractivity contribution is 8.01. The Balaban J connectivity index is 1.44. The summed E-state index contributed by atoms with van der Waals surface area (Å²) >= 11 is 2.78. The molecule has 3 heterocycles. The van der Waals surface area contributed by atoms with Crippen LogP contribution >= 0.6 is 23.1 Å². The second-order valence-electron chi connectivity index (χ2n) is 7.61. The Hall–Kier alpha value is -1.88. The Morgan fingerprint density at radius 3 is 2.65 bits per heavy atom. The van der Waals surface area contributed by atoms with Crippen LogP contribution in [0, 0.1) is 0 Å². The lowest BCUT2D eigenvalue weighted by Gasteiger charge is -2.28. The zero-order valence-electron chi connectivity index (χ0n) is 17.0. The molecule has 166 valence electrons. The lowest BCUT2D eigenvalue weighted by Crippen LogP contribution is -2.45. The van der Waals surface area contributed by atoms with Crippen LogP contribution < -0.4 is 10.0 Å². The summed E-state index contributed by atoms with van der Waals surface area (Å²) in [4.78, 5) is 29.2. The van der Waals surface area contributed by atoms with Crippen LogP contribution in [-0.2, 0) is 26.0 Å². The van der Waals surface area contributed by atoms with E-state index in [2.05, 4.69) is 10.0 Å². The van der Waals surface area contributed by atoms with Crippen molar-refractivity contribution in [1.29, 1.82) is 0 Å². The van der Waals surface area contributed by atoms with Gasteiger partial charge in [-0.1, -0.05) is 18.9 Å². The normalized spacial score (nSPS) is 19.4. The van der Waals surface area contributed by atoms with Crippen molar-refractivity contribution in [1.82, 2.24) is 9.62 Å². The molecule has 1 fully saturated rings. The van der Waals surface area contributed by atoms with E-state index in [1.165, 1.54) is 23.9 Å². The van der Waals surface area contributed by atoms with Gasteiger partial charge in [0.2, 0.25) is 21.8 Å². The lowest BCUT2D eigenvalue weighted by atomic mass is 10.2. The van der Waals surface area contributed by atoms with Crippen LogP contribution in [0.5, 0.6) is 0 Å². The number of carbonyl (C=O) groups excluding carboxylic acids is 2. The van der Waals surface area contributed by atoms with E-state index < -0.39 is 21.2 Å². The fourth-order valence-electron chi connectivity index (χ4n) is 3.72. The Kier molecular flexibility index (Phi) is 7.00. The summed E-state index contributed by atoms with van der Waals surface area (Å²) in [6.45, 7) is 1.67. The topological polar surface area (TPSA) is 95.6 Å². The summed E-state index contributed by atoms with van der Waals surface area (Å²) in [5.74, 6) is -0.561. The number of thioether (sulfide) groups is 1. The van der Waals surface area contributed by atoms with E-state index in [4.69, 9.17) is 0 Å². The van der Waals surface area contributed by atoms with Crippen molar-refractivity contribution in [2.24, 2.45) is 0 Å². The molecule has 0 bridgehead atoms. The van der Waals surface area contributed by atoms with Gasteiger partial charge < -0.3 is 10.2 Å². The Bertz CT molecular complexity index is 1050. The number of carbonyl (C=O) groups is 2. The summed E-state index contributed by atoms with van der Waals surface area (Å²) < 4.78 is 27.9. The number of rotatable bonds is 6. The fourth-order valence-corrected chi connectivity index (χ4v) is 6.54. The highest BCUT2D eigenvalue weighted by atomic mass is 32.2. The van der Waals surface area contributed by atoms with Gasteiger partial charge in [0, 0.05) is 29.4 Å². The highest BCUT2D eigenvalue weighted by Gasteiger charge is 2.36. The lowest BCUT2D eigenvalue weighted by molar-refractivity contribution is -0.133. The van der Waals surface area contributed by atoms with E-state index in [0.29, 0.717) is 36.6 Å². The van der Waals surface area contributed by atoms with Crippen LogP contribution in [0.15, 0.2) is 45.5 Å². The van der Waals surface area contributed by atoms with E-state index >= 15 is 0 Å². The largest absolute Gasteiger partial charge is 0.341 e. The van der Waals surface area contributed by atoms with Gasteiger partial charge in [0.05, 0.1) is 10.6 Å². The predicted molar refractivity (Wildman–Crippen MR) is 123 cm³/mol. The fraction of sp³-hybridized carbons (Fsp3) is 0.429. The average molecular weight is 480 g/mol. The van der Waals surface area contributed by atoms with Gasteiger partial charge in [0.25, 0.3) is 0 Å². The highest BCUT2D eigenvalue weighted by Crippen LogP contribution is 2.38. The summed E-state index contributed by atoms with van der Waals surface area (Å²) in [5, 5.41) is 3.86. The number of anilines is 1. The first kappa shape index (κ1) is 22.3. The van der Waals surface area contributed by atoms with E-state index in [1.54, 1.807) is 22.3 Å². The van der Waals surface area contributed by atoms with Crippen molar-refractivity contribution < 1.29 is 18.0 Å². The number of likely N-dealkylation sites (tertiary alicyclic amines) is 1. The molecule has 2 N–H and O–H groups in total. The summed E-state index contributed by atoms with van der Waals surface area (Å²) in [7, 11) is -3.70. The maximum atomic E-state index is 12.9. The minimum absolute atomic E-state index is 0.0932. The molecule has 10 heteroatoms. The zero-order chi connectivity index (χ0) is 21.8. The predicted octanol–water partition coefficient (Wildman–Crippen LogP) is 3.08. The van der Waals surface area contributed by atoms with Crippen molar-refractivity contribution in [3.8, 4) is 0 Å². The van der Waals surface area contributed by atoms with Gasteiger partial charge in [-0.2, -0.15) is 0 Å². The second-order valence-corrected chi connectivity index (χ2v) is 11.6. The number of sulfonamides is 1. The number of fused-ring (bicyclic) bond motifs is 1. The van der Waals surface area contributed by atoms with Crippen molar-refractivity contribution in [3.63, 3.8) is 0 Å². The Labute approximate surface area is 190 Å². The Morgan fingerprint density at radius 1 is 1.16 bits per heavy atom. The SMILES string of the molecule is O=C1Nc2cc(S(=O)(=O)NCCc3cccs3)ccc2SC1C(=O)N1CCCCCC1. The molecule has 2 amide bonds. The van der Waals surface area contributed by atoms with Crippen LogP contribution in [-0.4, -0.2) is 50.0 Å². The van der Waals surface area contributed by atoms with E-state index in [0.717, 1.165) is 30.6 Å². The second kappa shape index (κ2) is 9.72. The molecule has 1 aromatic heterocycles. The summed E-state index contributed by atoms with van der Waals surface area (Å²) in [6, 6.07) is 8.54. The standard InChI is InChI=1S/C21H25N3O4S3/c25-20-19(21(26)24-11-3-1-2-4-12-24)30-18-8-7-16(14-17(18)23-20)31(27,28)22-10-9-15-6-5-13-29-15/h5-8,13-14,19,22H,1-4,9-12H2,(H,23,25). The molecule has 7 nitrogen and oxygen atoms in total. The third kappa shape index (κ3) is 5.31. The first-order valence-electron chi connectivity index (χ1n) is 10.4. The molecule has 2 aromatic rings. The average Bonchev–Trinajstić information content (AvgIpc) is 3.12. The zero-order valence-corrected chi connectivity index (χ0v) is 19.5. The number of amides is 2. The van der Waals surface area contributed by atoms with E-state index in [-0.39, 0.29) is 10.8 Å². The Morgan fingerprint density at radius 2 is 1.94 bits per heavy atom. The van der Waals surface area contributed by atoms with Gasteiger partial charge in [0.15, 0.2) is 5.25 Å². The number of nitrogens with zero attached hydrogens (tertiary/aromatic N) is 1.